The monoisotopic (exact) mass is 425 g/mol. The van der Waals surface area contributed by atoms with Crippen LogP contribution in [-0.2, 0) is 0 Å². The van der Waals surface area contributed by atoms with Gasteiger partial charge in [-0.3, -0.25) is 10.1 Å². The summed E-state index contributed by atoms with van der Waals surface area (Å²) in [6, 6.07) is 11.4. The largest absolute Gasteiger partial charge is 0.346 e. The van der Waals surface area contributed by atoms with Crippen molar-refractivity contribution in [3.05, 3.63) is 60.8 Å². The predicted octanol–water partition coefficient (Wildman–Crippen LogP) is 5.50. The molecular weight excluding hydrogens is 413 g/mol. The molecule has 3 N–H and O–H groups in total. The first kappa shape index (κ1) is 16.7. The van der Waals surface area contributed by atoms with E-state index in [1.165, 1.54) is 6.07 Å². The molecule has 0 saturated carbocycles. The second-order valence-electron chi connectivity index (χ2n) is 7.35. The zero-order valence-electron chi connectivity index (χ0n) is 15.8. The Morgan fingerprint density at radius 1 is 0.871 bits per heavy atom. The maximum atomic E-state index is 14.9. The standard InChI is InChI=1S/C22H12FN7S/c23-15-7-10-6-14-18(15)29-30-20(14)22-27-19-13(3-4-25-21(19)28-22)16-1-2-17(31-16)26-12-5-11(10)8-24-9-12/h1-9,26H,(H,29,30)(H,25,27,28). The van der Waals surface area contributed by atoms with Crippen molar-refractivity contribution in [3.63, 3.8) is 0 Å². The van der Waals surface area contributed by atoms with Gasteiger partial charge in [-0.25, -0.2) is 14.4 Å². The third-order valence-corrected chi connectivity index (χ3v) is 6.48. The maximum absolute atomic E-state index is 14.9. The molecule has 7 aromatic rings. The molecule has 6 aromatic heterocycles. The number of halogens is 1. The van der Waals surface area contributed by atoms with Crippen molar-refractivity contribution in [1.29, 1.82) is 0 Å². The fourth-order valence-electron chi connectivity index (χ4n) is 4.01. The summed E-state index contributed by atoms with van der Waals surface area (Å²) in [6.07, 6.45) is 5.23. The van der Waals surface area contributed by atoms with E-state index in [9.17, 15) is 4.39 Å². The van der Waals surface area contributed by atoms with Gasteiger partial charge >= 0.3 is 0 Å². The van der Waals surface area contributed by atoms with Crippen molar-refractivity contribution in [2.24, 2.45) is 0 Å². The third kappa shape index (κ3) is 2.44. The average molecular weight is 425 g/mol. The molecule has 0 unspecified atom stereocenters. The smallest absolute Gasteiger partial charge is 0.160 e. The van der Waals surface area contributed by atoms with E-state index in [1.54, 1.807) is 29.9 Å². The Labute approximate surface area is 176 Å². The molecule has 0 aliphatic carbocycles. The second-order valence-corrected chi connectivity index (χ2v) is 8.43. The first-order valence-electron chi connectivity index (χ1n) is 9.58. The Bertz CT molecular complexity index is 1870. The summed E-state index contributed by atoms with van der Waals surface area (Å²) < 4.78 is 16.0. The fraction of sp³-hybridized carbons (Fsp3) is 0. The molecule has 0 aliphatic rings. The number of hydrogen-bond acceptors (Lipinski definition) is 5. The van der Waals surface area contributed by atoms with Gasteiger partial charge in [0, 0.05) is 33.3 Å². The van der Waals surface area contributed by atoms with Crippen LogP contribution in [0.2, 0.25) is 0 Å². The van der Waals surface area contributed by atoms with E-state index in [0.717, 1.165) is 31.3 Å². The summed E-state index contributed by atoms with van der Waals surface area (Å²) in [7, 11) is 0. The van der Waals surface area contributed by atoms with E-state index in [1.807, 2.05) is 24.3 Å². The molecule has 1 aromatic carbocycles. The molecule has 0 amide bonds. The van der Waals surface area contributed by atoms with Crippen molar-refractivity contribution >= 4 is 75.8 Å². The van der Waals surface area contributed by atoms with Crippen LogP contribution in [0.5, 0.6) is 0 Å². The predicted molar refractivity (Wildman–Crippen MR) is 121 cm³/mol. The molecule has 9 heteroatoms. The van der Waals surface area contributed by atoms with Gasteiger partial charge in [0.15, 0.2) is 11.3 Å². The van der Waals surface area contributed by atoms with Crippen molar-refractivity contribution in [2.45, 2.75) is 0 Å². The lowest BCUT2D eigenvalue weighted by molar-refractivity contribution is 0.637. The van der Waals surface area contributed by atoms with E-state index in [2.05, 4.69) is 36.2 Å². The highest BCUT2D eigenvalue weighted by molar-refractivity contribution is 7.23. The highest BCUT2D eigenvalue weighted by atomic mass is 32.1. The lowest BCUT2D eigenvalue weighted by Gasteiger charge is -1.97. The van der Waals surface area contributed by atoms with Crippen LogP contribution in [0.15, 0.2) is 55.0 Å². The molecule has 148 valence electrons. The molecule has 0 spiro atoms. The van der Waals surface area contributed by atoms with Crippen LogP contribution in [0.1, 0.15) is 0 Å². The van der Waals surface area contributed by atoms with E-state index in [4.69, 9.17) is 4.98 Å². The lowest BCUT2D eigenvalue weighted by Crippen LogP contribution is -1.81. The number of aromatic nitrogens is 7. The third-order valence-electron chi connectivity index (χ3n) is 5.44. The number of imidazole rings is 1. The van der Waals surface area contributed by atoms with E-state index < -0.39 is 0 Å². The molecule has 7 rings (SSSR count). The van der Waals surface area contributed by atoms with Gasteiger partial charge < -0.3 is 9.97 Å². The summed E-state index contributed by atoms with van der Waals surface area (Å²) in [5, 5.41) is 10.3. The van der Waals surface area contributed by atoms with Crippen LogP contribution >= 0.6 is 11.3 Å². The minimum Gasteiger partial charge on any atom is -0.346 e. The molecule has 7 nitrogen and oxygen atoms in total. The number of hydrogen-bond donors (Lipinski definition) is 3. The van der Waals surface area contributed by atoms with Crippen LogP contribution < -0.4 is 0 Å². The van der Waals surface area contributed by atoms with Crippen LogP contribution in [0.25, 0.3) is 64.4 Å². The molecular formula is C22H12FN7S. The Morgan fingerprint density at radius 3 is 2.81 bits per heavy atom. The van der Waals surface area contributed by atoms with Gasteiger partial charge in [-0.1, -0.05) is 0 Å². The lowest BCUT2D eigenvalue weighted by atomic mass is 10.1. The maximum Gasteiger partial charge on any atom is 0.160 e. The molecule has 31 heavy (non-hydrogen) atoms. The molecule has 6 heterocycles. The number of thiophene rings is 1. The number of fused-ring (bicyclic) bond motifs is 9. The van der Waals surface area contributed by atoms with E-state index in [-0.39, 0.29) is 5.82 Å². The van der Waals surface area contributed by atoms with Crippen LogP contribution in [-0.4, -0.2) is 35.1 Å². The van der Waals surface area contributed by atoms with Crippen LogP contribution in [0.4, 0.5) is 4.39 Å². The van der Waals surface area contributed by atoms with Gasteiger partial charge in [-0.05, 0) is 41.8 Å². The Kier molecular flexibility index (Phi) is 3.20. The highest BCUT2D eigenvalue weighted by Gasteiger charge is 2.12. The van der Waals surface area contributed by atoms with Gasteiger partial charge in [0.2, 0.25) is 0 Å². The quantitative estimate of drug-likeness (QED) is 0.299. The van der Waals surface area contributed by atoms with Gasteiger partial charge in [-0.15, -0.1) is 11.3 Å². The zero-order chi connectivity index (χ0) is 20.5. The SMILES string of the molecule is Fc1cc2cc3c1[nH]nc3c1nc3c(nccc3c3ccc([nH]c4cncc2c4)s3)[nH]1. The van der Waals surface area contributed by atoms with Gasteiger partial charge in [-0.2, -0.15) is 5.10 Å². The number of nitrogens with one attached hydrogen (secondary N) is 3. The summed E-state index contributed by atoms with van der Waals surface area (Å²) >= 11 is 1.62. The summed E-state index contributed by atoms with van der Waals surface area (Å²) in [5.41, 5.74) is 3.65. The Balaban J connectivity index is 1.81. The average Bonchev–Trinajstić information content (AvgIpc) is 3.50. The van der Waals surface area contributed by atoms with E-state index >= 15 is 0 Å². The molecule has 0 atom stereocenters. The normalized spacial score (nSPS) is 12.0. The first-order chi connectivity index (χ1) is 15.2. The van der Waals surface area contributed by atoms with Gasteiger partial charge in [0.05, 0.1) is 16.5 Å². The van der Waals surface area contributed by atoms with Gasteiger partial charge in [0.1, 0.15) is 22.4 Å². The summed E-state index contributed by atoms with van der Waals surface area (Å²) in [4.78, 5) is 21.2. The first-order valence-corrected chi connectivity index (χ1v) is 10.4. The van der Waals surface area contributed by atoms with Crippen molar-refractivity contribution in [3.8, 4) is 0 Å². The Hall–Kier alpha value is -4.11. The number of benzene rings is 1. The molecule has 0 fully saturated rings. The van der Waals surface area contributed by atoms with Crippen molar-refractivity contribution < 1.29 is 4.39 Å². The van der Waals surface area contributed by atoms with Crippen LogP contribution in [0, 0.1) is 5.82 Å². The Morgan fingerprint density at radius 2 is 1.84 bits per heavy atom. The number of H-pyrrole nitrogens is 3. The fourth-order valence-corrected chi connectivity index (χ4v) is 4.96. The van der Waals surface area contributed by atoms with Crippen LogP contribution in [0.3, 0.4) is 0 Å². The number of nitrogens with zero attached hydrogens (tertiary/aromatic N) is 4. The number of rotatable bonds is 0. The minimum atomic E-state index is -0.383. The highest BCUT2D eigenvalue weighted by Crippen LogP contribution is 2.30. The van der Waals surface area contributed by atoms with Crippen molar-refractivity contribution in [1.82, 2.24) is 35.1 Å². The number of pyridine rings is 2. The molecule has 0 saturated heterocycles. The molecule has 0 aliphatic heterocycles. The van der Waals surface area contributed by atoms with Crippen molar-refractivity contribution in [2.75, 3.05) is 0 Å². The second kappa shape index (κ2) is 5.96. The van der Waals surface area contributed by atoms with E-state index in [0.29, 0.717) is 33.1 Å². The molecule has 0 radical (unpaired) electrons. The molecule has 8 bridgehead atoms. The topological polar surface area (TPSA) is 98.9 Å². The zero-order valence-corrected chi connectivity index (χ0v) is 16.6. The van der Waals surface area contributed by atoms with Gasteiger partial charge in [0.25, 0.3) is 0 Å². The number of aromatic amines is 3. The summed E-state index contributed by atoms with van der Waals surface area (Å²) in [6.45, 7) is 0. The summed E-state index contributed by atoms with van der Waals surface area (Å²) in [5.74, 6) is -0.383. The minimum absolute atomic E-state index is 0.335.